The lowest BCUT2D eigenvalue weighted by Crippen LogP contribution is -2.60. The Morgan fingerprint density at radius 2 is 2.10 bits per heavy atom. The van der Waals surface area contributed by atoms with Gasteiger partial charge >= 0.3 is 0 Å². The second-order valence-electron chi connectivity index (χ2n) is 5.31. The van der Waals surface area contributed by atoms with Gasteiger partial charge in [-0.05, 0) is 30.2 Å². The summed E-state index contributed by atoms with van der Waals surface area (Å²) in [5.41, 5.74) is 0. The molecule has 1 aromatic carbocycles. The molecule has 0 aromatic heterocycles. The number of ether oxygens (including phenoxy) is 1. The number of nitrogens with one attached hydrogen (secondary N) is 1. The first-order chi connectivity index (χ1) is 9.99. The van der Waals surface area contributed by atoms with E-state index in [4.69, 9.17) is 16.3 Å². The third-order valence-corrected chi connectivity index (χ3v) is 3.64. The van der Waals surface area contributed by atoms with E-state index in [-0.39, 0.29) is 24.3 Å². The lowest BCUT2D eigenvalue weighted by molar-refractivity contribution is -0.146. The molecule has 2 rings (SSSR count). The fourth-order valence-corrected chi connectivity index (χ4v) is 2.51. The van der Waals surface area contributed by atoms with Crippen LogP contribution < -0.4 is 10.1 Å². The maximum atomic E-state index is 12.3. The van der Waals surface area contributed by atoms with E-state index in [1.165, 1.54) is 0 Å². The molecule has 0 saturated carbocycles. The van der Waals surface area contributed by atoms with Gasteiger partial charge in [-0.1, -0.05) is 25.4 Å². The molecule has 1 aliphatic rings. The second kappa shape index (κ2) is 6.80. The highest BCUT2D eigenvalue weighted by atomic mass is 35.5. The van der Waals surface area contributed by atoms with Crippen molar-refractivity contribution in [3.8, 4) is 5.75 Å². The molecule has 1 atom stereocenters. The summed E-state index contributed by atoms with van der Waals surface area (Å²) in [6, 6.07) is 6.39. The summed E-state index contributed by atoms with van der Waals surface area (Å²) in [5, 5.41) is 3.40. The SMILES string of the molecule is CC(C)C1C(=O)NCCN1C(=O)COc1ccc(Cl)cc1. The third-order valence-electron chi connectivity index (χ3n) is 3.38. The number of benzene rings is 1. The first-order valence-corrected chi connectivity index (χ1v) is 7.32. The Labute approximate surface area is 129 Å². The maximum absolute atomic E-state index is 12.3. The van der Waals surface area contributed by atoms with Crippen molar-refractivity contribution in [2.24, 2.45) is 5.92 Å². The molecule has 2 amide bonds. The predicted octanol–water partition coefficient (Wildman–Crippen LogP) is 1.70. The molecule has 1 N–H and O–H groups in total. The highest BCUT2D eigenvalue weighted by Gasteiger charge is 2.35. The number of hydrogen-bond acceptors (Lipinski definition) is 3. The van der Waals surface area contributed by atoms with Gasteiger partial charge < -0.3 is 15.0 Å². The molecule has 1 heterocycles. The lowest BCUT2D eigenvalue weighted by Gasteiger charge is -2.37. The summed E-state index contributed by atoms with van der Waals surface area (Å²) in [5.74, 6) is 0.356. The number of amides is 2. The molecule has 0 spiro atoms. The Kier molecular flexibility index (Phi) is 5.07. The van der Waals surface area contributed by atoms with Gasteiger partial charge in [-0.2, -0.15) is 0 Å². The zero-order chi connectivity index (χ0) is 15.4. The van der Waals surface area contributed by atoms with Gasteiger partial charge in [0.15, 0.2) is 6.61 Å². The van der Waals surface area contributed by atoms with Crippen molar-refractivity contribution in [1.29, 1.82) is 0 Å². The molecule has 0 bridgehead atoms. The van der Waals surface area contributed by atoms with Crippen molar-refractivity contribution in [1.82, 2.24) is 10.2 Å². The summed E-state index contributed by atoms with van der Waals surface area (Å²) in [4.78, 5) is 25.8. The van der Waals surface area contributed by atoms with Crippen LogP contribution in [-0.4, -0.2) is 42.5 Å². The minimum absolute atomic E-state index is 0.0600. The van der Waals surface area contributed by atoms with E-state index in [2.05, 4.69) is 5.32 Å². The van der Waals surface area contributed by atoms with Gasteiger partial charge in [0.05, 0.1) is 0 Å². The molecule has 5 nitrogen and oxygen atoms in total. The van der Waals surface area contributed by atoms with E-state index in [1.807, 2.05) is 13.8 Å². The largest absolute Gasteiger partial charge is 0.484 e. The zero-order valence-electron chi connectivity index (χ0n) is 12.1. The number of carbonyl (C=O) groups is 2. The number of rotatable bonds is 4. The maximum Gasteiger partial charge on any atom is 0.261 e. The second-order valence-corrected chi connectivity index (χ2v) is 5.75. The lowest BCUT2D eigenvalue weighted by atomic mass is 9.99. The topological polar surface area (TPSA) is 58.6 Å². The quantitative estimate of drug-likeness (QED) is 0.921. The van der Waals surface area contributed by atoms with Crippen LogP contribution in [-0.2, 0) is 9.59 Å². The van der Waals surface area contributed by atoms with Gasteiger partial charge in [0, 0.05) is 18.1 Å². The van der Waals surface area contributed by atoms with Gasteiger partial charge in [0.25, 0.3) is 5.91 Å². The molecular weight excluding hydrogens is 292 g/mol. The Bertz CT molecular complexity index is 516. The molecule has 0 aliphatic carbocycles. The van der Waals surface area contributed by atoms with Crippen molar-refractivity contribution < 1.29 is 14.3 Å². The van der Waals surface area contributed by atoms with Crippen molar-refractivity contribution >= 4 is 23.4 Å². The average molecular weight is 311 g/mol. The fraction of sp³-hybridized carbons (Fsp3) is 0.467. The fourth-order valence-electron chi connectivity index (χ4n) is 2.39. The summed E-state index contributed by atoms with van der Waals surface area (Å²) >= 11 is 5.79. The Balaban J connectivity index is 1.98. The Morgan fingerprint density at radius 3 is 2.71 bits per heavy atom. The minimum atomic E-state index is -0.430. The highest BCUT2D eigenvalue weighted by Crippen LogP contribution is 2.17. The molecule has 0 radical (unpaired) electrons. The summed E-state index contributed by atoms with van der Waals surface area (Å²) in [7, 11) is 0. The van der Waals surface area contributed by atoms with E-state index in [0.29, 0.717) is 23.9 Å². The highest BCUT2D eigenvalue weighted by molar-refractivity contribution is 6.30. The third kappa shape index (κ3) is 3.88. The molecule has 1 unspecified atom stereocenters. The number of carbonyl (C=O) groups excluding carboxylic acids is 2. The summed E-state index contributed by atoms with van der Waals surface area (Å²) in [6.07, 6.45) is 0. The van der Waals surface area contributed by atoms with Crippen LogP contribution in [0.2, 0.25) is 5.02 Å². The normalized spacial score (nSPS) is 18.6. The zero-order valence-corrected chi connectivity index (χ0v) is 12.9. The van der Waals surface area contributed by atoms with Gasteiger partial charge in [-0.3, -0.25) is 9.59 Å². The summed E-state index contributed by atoms with van der Waals surface area (Å²) in [6.45, 7) is 4.76. The Morgan fingerprint density at radius 1 is 1.43 bits per heavy atom. The summed E-state index contributed by atoms with van der Waals surface area (Å²) < 4.78 is 5.46. The molecule has 6 heteroatoms. The molecule has 114 valence electrons. The number of halogens is 1. The molecular formula is C15H19ClN2O3. The predicted molar refractivity (Wildman–Crippen MR) is 80.3 cm³/mol. The molecule has 1 saturated heterocycles. The minimum Gasteiger partial charge on any atom is -0.484 e. The van der Waals surface area contributed by atoms with E-state index in [0.717, 1.165) is 0 Å². The standard InChI is InChI=1S/C15H19ClN2O3/c1-10(2)14-15(20)17-7-8-18(14)13(19)9-21-12-5-3-11(16)4-6-12/h3-6,10,14H,7-9H2,1-2H3,(H,17,20). The van der Waals surface area contributed by atoms with E-state index in [1.54, 1.807) is 29.2 Å². The average Bonchev–Trinajstić information content (AvgIpc) is 2.45. The van der Waals surface area contributed by atoms with Gasteiger partial charge in [0.2, 0.25) is 5.91 Å². The molecule has 1 fully saturated rings. The number of hydrogen-bond donors (Lipinski definition) is 1. The van der Waals surface area contributed by atoms with Crippen molar-refractivity contribution in [3.63, 3.8) is 0 Å². The molecule has 1 aromatic rings. The van der Waals surface area contributed by atoms with Crippen LogP contribution in [0.4, 0.5) is 0 Å². The van der Waals surface area contributed by atoms with Crippen LogP contribution in [0.5, 0.6) is 5.75 Å². The molecule has 21 heavy (non-hydrogen) atoms. The van der Waals surface area contributed by atoms with Crippen molar-refractivity contribution in [2.75, 3.05) is 19.7 Å². The van der Waals surface area contributed by atoms with E-state index < -0.39 is 6.04 Å². The van der Waals surface area contributed by atoms with Crippen LogP contribution in [0.25, 0.3) is 0 Å². The van der Waals surface area contributed by atoms with Crippen molar-refractivity contribution in [2.45, 2.75) is 19.9 Å². The van der Waals surface area contributed by atoms with E-state index in [9.17, 15) is 9.59 Å². The first-order valence-electron chi connectivity index (χ1n) is 6.94. The first kappa shape index (κ1) is 15.6. The smallest absolute Gasteiger partial charge is 0.261 e. The van der Waals surface area contributed by atoms with Gasteiger partial charge in [-0.15, -0.1) is 0 Å². The van der Waals surface area contributed by atoms with Crippen LogP contribution in [0.3, 0.4) is 0 Å². The Hall–Kier alpha value is -1.75. The van der Waals surface area contributed by atoms with Crippen LogP contribution in [0, 0.1) is 5.92 Å². The van der Waals surface area contributed by atoms with Gasteiger partial charge in [0.1, 0.15) is 11.8 Å². The number of piperazine rings is 1. The van der Waals surface area contributed by atoms with Crippen molar-refractivity contribution in [3.05, 3.63) is 29.3 Å². The molecule has 1 aliphatic heterocycles. The van der Waals surface area contributed by atoms with Crippen LogP contribution in [0.1, 0.15) is 13.8 Å². The van der Waals surface area contributed by atoms with Crippen LogP contribution >= 0.6 is 11.6 Å². The van der Waals surface area contributed by atoms with Gasteiger partial charge in [-0.25, -0.2) is 0 Å². The van der Waals surface area contributed by atoms with Crippen LogP contribution in [0.15, 0.2) is 24.3 Å². The van der Waals surface area contributed by atoms with E-state index >= 15 is 0 Å². The number of nitrogens with zero attached hydrogens (tertiary/aromatic N) is 1. The monoisotopic (exact) mass is 310 g/mol.